The van der Waals surface area contributed by atoms with Crippen LogP contribution >= 0.6 is 11.6 Å². The van der Waals surface area contributed by atoms with Gasteiger partial charge in [0.25, 0.3) is 0 Å². The van der Waals surface area contributed by atoms with Gasteiger partial charge in [-0.05, 0) is 31.0 Å². The normalized spacial score (nSPS) is 20.1. The highest BCUT2D eigenvalue weighted by molar-refractivity contribution is 7.89. The van der Waals surface area contributed by atoms with Gasteiger partial charge in [0.05, 0.1) is 10.8 Å². The van der Waals surface area contributed by atoms with Crippen molar-refractivity contribution in [3.8, 4) is 0 Å². The number of halogens is 1. The summed E-state index contributed by atoms with van der Waals surface area (Å²) in [5.74, 6) is -0.403. The van der Waals surface area contributed by atoms with Gasteiger partial charge < -0.3 is 5.32 Å². The van der Waals surface area contributed by atoms with Gasteiger partial charge in [0, 0.05) is 25.2 Å². The molecule has 1 aliphatic rings. The van der Waals surface area contributed by atoms with Crippen LogP contribution in [0.5, 0.6) is 0 Å². The van der Waals surface area contributed by atoms with Crippen LogP contribution < -0.4 is 5.32 Å². The molecule has 1 aliphatic heterocycles. The van der Waals surface area contributed by atoms with Crippen LogP contribution in [0.3, 0.4) is 0 Å². The fourth-order valence-electron chi connectivity index (χ4n) is 2.37. The number of nitrogens with one attached hydrogen (secondary N) is 1. The first-order valence-corrected chi connectivity index (χ1v) is 8.16. The fraction of sp³-hybridized carbons (Fsp3) is 0.462. The monoisotopic (exact) mass is 316 g/mol. The van der Waals surface area contributed by atoms with Crippen molar-refractivity contribution in [1.82, 2.24) is 9.62 Å². The first-order chi connectivity index (χ1) is 9.37. The maximum absolute atomic E-state index is 12.6. The van der Waals surface area contributed by atoms with E-state index >= 15 is 0 Å². The Morgan fingerprint density at radius 1 is 1.45 bits per heavy atom. The molecule has 1 atom stereocenters. The van der Waals surface area contributed by atoms with Crippen molar-refractivity contribution in [3.63, 3.8) is 0 Å². The molecule has 0 radical (unpaired) electrons. The number of nitrogens with zero attached hydrogens (tertiary/aromatic N) is 1. The Morgan fingerprint density at radius 3 is 2.80 bits per heavy atom. The minimum Gasteiger partial charge on any atom is -0.359 e. The van der Waals surface area contributed by atoms with E-state index in [-0.39, 0.29) is 23.3 Å². The molecule has 20 heavy (non-hydrogen) atoms. The van der Waals surface area contributed by atoms with E-state index in [0.29, 0.717) is 23.6 Å². The van der Waals surface area contributed by atoms with E-state index < -0.39 is 10.0 Å². The van der Waals surface area contributed by atoms with Gasteiger partial charge in [-0.3, -0.25) is 4.79 Å². The summed E-state index contributed by atoms with van der Waals surface area (Å²) in [6.45, 7) is 2.25. The highest BCUT2D eigenvalue weighted by Gasteiger charge is 2.36. The largest absolute Gasteiger partial charge is 0.359 e. The van der Waals surface area contributed by atoms with Crippen molar-refractivity contribution in [2.24, 2.45) is 5.92 Å². The summed E-state index contributed by atoms with van der Waals surface area (Å²) in [6.07, 6.45) is 0.540. The Labute approximate surface area is 124 Å². The van der Waals surface area contributed by atoms with Gasteiger partial charge in [-0.2, -0.15) is 4.31 Å². The highest BCUT2D eigenvalue weighted by atomic mass is 35.5. The Morgan fingerprint density at radius 2 is 2.15 bits per heavy atom. The van der Waals surface area contributed by atoms with Crippen LogP contribution in [0.25, 0.3) is 0 Å². The topological polar surface area (TPSA) is 66.5 Å². The zero-order valence-corrected chi connectivity index (χ0v) is 13.0. The second-order valence-corrected chi connectivity index (χ2v) is 7.14. The van der Waals surface area contributed by atoms with E-state index in [0.717, 1.165) is 0 Å². The number of sulfonamides is 1. The van der Waals surface area contributed by atoms with Gasteiger partial charge >= 0.3 is 0 Å². The lowest BCUT2D eigenvalue weighted by Crippen LogP contribution is -2.33. The summed E-state index contributed by atoms with van der Waals surface area (Å²) in [4.78, 5) is 11.8. The number of carbonyl (C=O) groups excluding carboxylic acids is 1. The van der Waals surface area contributed by atoms with Crippen molar-refractivity contribution < 1.29 is 13.2 Å². The second kappa shape index (κ2) is 5.71. The molecule has 110 valence electrons. The standard InChI is InChI=1S/C13H17ClN2O3S/c1-9-11(14)4-3-5-12(9)20(18,19)16-7-6-10(8-16)13(17)15-2/h3-5,10H,6-8H2,1-2H3,(H,15,17). The Balaban J connectivity index is 2.29. The van der Waals surface area contributed by atoms with Crippen LogP contribution in [-0.4, -0.2) is 38.8 Å². The van der Waals surface area contributed by atoms with Crippen molar-refractivity contribution in [2.75, 3.05) is 20.1 Å². The first-order valence-electron chi connectivity index (χ1n) is 6.34. The average Bonchev–Trinajstić information content (AvgIpc) is 2.91. The summed E-state index contributed by atoms with van der Waals surface area (Å²) < 4.78 is 26.6. The minimum atomic E-state index is -3.60. The van der Waals surface area contributed by atoms with Crippen LogP contribution in [0, 0.1) is 12.8 Å². The molecule has 1 heterocycles. The molecule has 1 unspecified atom stereocenters. The molecule has 2 rings (SSSR count). The average molecular weight is 317 g/mol. The van der Waals surface area contributed by atoms with E-state index in [1.54, 1.807) is 32.2 Å². The van der Waals surface area contributed by atoms with Crippen LogP contribution in [-0.2, 0) is 14.8 Å². The second-order valence-electron chi connectivity index (χ2n) is 4.83. The zero-order chi connectivity index (χ0) is 14.9. The van der Waals surface area contributed by atoms with Gasteiger partial charge in [-0.15, -0.1) is 0 Å². The fourth-order valence-corrected chi connectivity index (χ4v) is 4.35. The number of benzene rings is 1. The predicted molar refractivity (Wildman–Crippen MR) is 77.1 cm³/mol. The lowest BCUT2D eigenvalue weighted by molar-refractivity contribution is -0.123. The van der Waals surface area contributed by atoms with E-state index in [9.17, 15) is 13.2 Å². The molecule has 1 aromatic carbocycles. The van der Waals surface area contributed by atoms with Crippen molar-refractivity contribution in [1.29, 1.82) is 0 Å². The number of hydrogen-bond acceptors (Lipinski definition) is 3. The molecule has 1 saturated heterocycles. The third-order valence-corrected chi connectivity index (χ3v) is 6.02. The Kier molecular flexibility index (Phi) is 4.36. The molecule has 1 amide bonds. The van der Waals surface area contributed by atoms with Crippen LogP contribution in [0.1, 0.15) is 12.0 Å². The molecular weight excluding hydrogens is 300 g/mol. The molecular formula is C13H17ClN2O3S. The van der Waals surface area contributed by atoms with E-state index in [4.69, 9.17) is 11.6 Å². The lowest BCUT2D eigenvalue weighted by atomic mass is 10.1. The number of carbonyl (C=O) groups is 1. The SMILES string of the molecule is CNC(=O)C1CCN(S(=O)(=O)c2cccc(Cl)c2C)C1. The molecule has 1 aromatic rings. The molecule has 5 nitrogen and oxygen atoms in total. The third kappa shape index (κ3) is 2.68. The Bertz CT molecular complexity index is 631. The van der Waals surface area contributed by atoms with Gasteiger partial charge in [-0.25, -0.2) is 8.42 Å². The van der Waals surface area contributed by atoms with Crippen LogP contribution in [0.4, 0.5) is 0 Å². The third-order valence-electron chi connectivity index (χ3n) is 3.60. The van der Waals surface area contributed by atoms with E-state index in [1.807, 2.05) is 0 Å². The molecule has 0 bridgehead atoms. The number of amides is 1. The smallest absolute Gasteiger partial charge is 0.243 e. The molecule has 1 fully saturated rings. The van der Waals surface area contributed by atoms with Crippen LogP contribution in [0.15, 0.2) is 23.1 Å². The predicted octanol–water partition coefficient (Wildman–Crippen LogP) is 1.41. The summed E-state index contributed by atoms with van der Waals surface area (Å²) in [7, 11) is -2.04. The van der Waals surface area contributed by atoms with Gasteiger partial charge in [0.15, 0.2) is 0 Å². The van der Waals surface area contributed by atoms with E-state index in [2.05, 4.69) is 5.32 Å². The highest BCUT2D eigenvalue weighted by Crippen LogP contribution is 2.29. The van der Waals surface area contributed by atoms with Crippen LogP contribution in [0.2, 0.25) is 5.02 Å². The minimum absolute atomic E-state index is 0.120. The van der Waals surface area contributed by atoms with Crippen molar-refractivity contribution in [2.45, 2.75) is 18.2 Å². The summed E-state index contributed by atoms with van der Waals surface area (Å²) in [5.41, 5.74) is 0.539. The lowest BCUT2D eigenvalue weighted by Gasteiger charge is -2.18. The molecule has 0 spiro atoms. The maximum atomic E-state index is 12.6. The molecule has 0 aromatic heterocycles. The zero-order valence-electron chi connectivity index (χ0n) is 11.4. The van der Waals surface area contributed by atoms with E-state index in [1.165, 1.54) is 4.31 Å². The van der Waals surface area contributed by atoms with Gasteiger partial charge in [-0.1, -0.05) is 17.7 Å². The number of hydrogen-bond donors (Lipinski definition) is 1. The summed E-state index contributed by atoms with van der Waals surface area (Å²) >= 11 is 5.98. The maximum Gasteiger partial charge on any atom is 0.243 e. The molecule has 7 heteroatoms. The van der Waals surface area contributed by atoms with Crippen molar-refractivity contribution >= 4 is 27.5 Å². The van der Waals surface area contributed by atoms with Gasteiger partial charge in [0.1, 0.15) is 0 Å². The number of rotatable bonds is 3. The first kappa shape index (κ1) is 15.3. The molecule has 1 N–H and O–H groups in total. The Hall–Kier alpha value is -1.11. The quantitative estimate of drug-likeness (QED) is 0.916. The summed E-state index contributed by atoms with van der Waals surface area (Å²) in [5, 5.41) is 2.98. The molecule has 0 aliphatic carbocycles. The van der Waals surface area contributed by atoms with Gasteiger partial charge in [0.2, 0.25) is 15.9 Å². The molecule has 0 saturated carbocycles. The summed E-state index contributed by atoms with van der Waals surface area (Å²) in [6, 6.07) is 4.82. The van der Waals surface area contributed by atoms with Crippen molar-refractivity contribution in [3.05, 3.63) is 28.8 Å².